The minimum atomic E-state index is -4.64. The molecule has 0 radical (unpaired) electrons. The number of hydrogen-bond acceptors (Lipinski definition) is 4. The molecule has 8 nitrogen and oxygen atoms in total. The third-order valence-corrected chi connectivity index (χ3v) is 6.62. The molecule has 1 saturated heterocycles. The maximum absolute atomic E-state index is 13.6. The Morgan fingerprint density at radius 2 is 1.76 bits per heavy atom. The molecule has 3 rings (SSSR count). The van der Waals surface area contributed by atoms with Crippen molar-refractivity contribution >= 4 is 31.3 Å². The van der Waals surface area contributed by atoms with Crippen LogP contribution in [0.1, 0.15) is 51.7 Å². The number of nitrogens with one attached hydrogen (secondary N) is 1. The Hall–Kier alpha value is -3.19. The number of allylic oxidation sites excluding steroid dienone is 1. The van der Waals surface area contributed by atoms with E-state index >= 15 is 0 Å². The van der Waals surface area contributed by atoms with Crippen LogP contribution in [0.2, 0.25) is 0 Å². The molecular weight excluding hydrogens is 491 g/mol. The summed E-state index contributed by atoms with van der Waals surface area (Å²) in [5.74, 6) is -0.475. The second-order valence-corrected chi connectivity index (χ2v) is 11.4. The largest absolute Gasteiger partial charge is 0.524 e. The molecule has 2 atom stereocenters. The van der Waals surface area contributed by atoms with E-state index in [2.05, 4.69) is 15.9 Å². The zero-order chi connectivity index (χ0) is 27.2. The van der Waals surface area contributed by atoms with Crippen molar-refractivity contribution in [3.05, 3.63) is 77.9 Å². The van der Waals surface area contributed by atoms with Crippen molar-refractivity contribution in [1.29, 1.82) is 0 Å². The molecule has 2 amide bonds. The molecule has 1 aliphatic rings. The van der Waals surface area contributed by atoms with Crippen molar-refractivity contribution in [2.75, 3.05) is 6.54 Å². The lowest BCUT2D eigenvalue weighted by Crippen LogP contribution is -2.55. The Morgan fingerprint density at radius 1 is 1.11 bits per heavy atom. The predicted octanol–water partition coefficient (Wildman–Crippen LogP) is 4.80. The van der Waals surface area contributed by atoms with Gasteiger partial charge in [-0.25, -0.2) is 4.57 Å². The van der Waals surface area contributed by atoms with Crippen LogP contribution in [-0.4, -0.2) is 45.1 Å². The molecule has 2 aromatic carbocycles. The SMILES string of the molecule is C/C(=C\C(=O)N[C@H](C(=O)N1CCCC1/C=C/c1ccccc1)C(C)(C)C)c1ccc(OP(=O)(O)O)cc1. The van der Waals surface area contributed by atoms with E-state index in [-0.39, 0.29) is 17.7 Å². The minimum absolute atomic E-state index is 0.0224. The average Bonchev–Trinajstić information content (AvgIpc) is 3.29. The van der Waals surface area contributed by atoms with Crippen LogP contribution in [-0.2, 0) is 14.2 Å². The maximum Gasteiger partial charge on any atom is 0.524 e. The third kappa shape index (κ3) is 8.42. The molecule has 3 N–H and O–H groups in total. The van der Waals surface area contributed by atoms with E-state index < -0.39 is 25.2 Å². The van der Waals surface area contributed by atoms with Gasteiger partial charge in [-0.3, -0.25) is 19.4 Å². The van der Waals surface area contributed by atoms with Crippen LogP contribution in [0.15, 0.2) is 66.7 Å². The van der Waals surface area contributed by atoms with E-state index in [1.807, 2.05) is 62.1 Å². The van der Waals surface area contributed by atoms with Gasteiger partial charge in [-0.2, -0.15) is 0 Å². The van der Waals surface area contributed by atoms with Crippen molar-refractivity contribution in [1.82, 2.24) is 10.2 Å². The van der Waals surface area contributed by atoms with Gasteiger partial charge in [0.15, 0.2) is 0 Å². The summed E-state index contributed by atoms with van der Waals surface area (Å²) >= 11 is 0. The van der Waals surface area contributed by atoms with Crippen LogP contribution in [0.25, 0.3) is 11.6 Å². The first-order valence-corrected chi connectivity index (χ1v) is 13.7. The Bertz CT molecular complexity index is 1200. The summed E-state index contributed by atoms with van der Waals surface area (Å²) in [6, 6.07) is 15.2. The number of hydrogen-bond donors (Lipinski definition) is 3. The Kier molecular flexibility index (Phi) is 9.13. The smallest absolute Gasteiger partial charge is 0.404 e. The van der Waals surface area contributed by atoms with E-state index in [1.54, 1.807) is 19.1 Å². The summed E-state index contributed by atoms with van der Waals surface area (Å²) in [6.45, 7) is 8.17. The van der Waals surface area contributed by atoms with Gasteiger partial charge in [0.2, 0.25) is 11.8 Å². The van der Waals surface area contributed by atoms with E-state index in [9.17, 15) is 14.2 Å². The molecule has 2 aromatic rings. The van der Waals surface area contributed by atoms with Gasteiger partial charge in [-0.15, -0.1) is 0 Å². The first-order valence-electron chi connectivity index (χ1n) is 12.2. The van der Waals surface area contributed by atoms with E-state index in [4.69, 9.17) is 9.79 Å². The Labute approximate surface area is 218 Å². The van der Waals surface area contributed by atoms with E-state index in [0.29, 0.717) is 17.7 Å². The van der Waals surface area contributed by atoms with Gasteiger partial charge in [-0.05, 0) is 54.0 Å². The van der Waals surface area contributed by atoms with Crippen molar-refractivity contribution in [3.8, 4) is 5.75 Å². The monoisotopic (exact) mass is 526 g/mol. The number of rotatable bonds is 8. The quantitative estimate of drug-likeness (QED) is 0.336. The topological polar surface area (TPSA) is 116 Å². The highest BCUT2D eigenvalue weighted by Gasteiger charge is 2.38. The zero-order valence-electron chi connectivity index (χ0n) is 21.6. The number of amides is 2. The van der Waals surface area contributed by atoms with E-state index in [1.165, 1.54) is 18.2 Å². The highest BCUT2D eigenvalue weighted by atomic mass is 31.2. The lowest BCUT2D eigenvalue weighted by atomic mass is 9.85. The molecule has 0 spiro atoms. The van der Waals surface area contributed by atoms with Crippen molar-refractivity contribution in [2.24, 2.45) is 5.41 Å². The fourth-order valence-electron chi connectivity index (χ4n) is 4.25. The van der Waals surface area contributed by atoms with Crippen LogP contribution >= 0.6 is 7.82 Å². The molecule has 1 fully saturated rings. The number of nitrogens with zero attached hydrogens (tertiary/aromatic N) is 1. The van der Waals surface area contributed by atoms with E-state index in [0.717, 1.165) is 18.4 Å². The predicted molar refractivity (Wildman–Crippen MR) is 144 cm³/mol. The lowest BCUT2D eigenvalue weighted by Gasteiger charge is -2.35. The van der Waals surface area contributed by atoms with Gasteiger partial charge in [0, 0.05) is 12.6 Å². The summed E-state index contributed by atoms with van der Waals surface area (Å²) in [7, 11) is -4.64. The highest BCUT2D eigenvalue weighted by molar-refractivity contribution is 7.46. The summed E-state index contributed by atoms with van der Waals surface area (Å²) in [6.07, 6.45) is 7.29. The fourth-order valence-corrected chi connectivity index (χ4v) is 4.64. The first-order chi connectivity index (χ1) is 17.3. The van der Waals surface area contributed by atoms with Crippen LogP contribution in [0.4, 0.5) is 0 Å². The van der Waals surface area contributed by atoms with Crippen molar-refractivity contribution < 1.29 is 28.5 Å². The molecule has 198 valence electrons. The third-order valence-electron chi connectivity index (χ3n) is 6.17. The summed E-state index contributed by atoms with van der Waals surface area (Å²) in [5, 5.41) is 2.91. The standard InChI is InChI=1S/C28H35N2O6P/c1-20(22-13-16-24(17-14-22)36-37(33,34)35)19-25(31)29-26(28(2,3)4)27(32)30-18-8-11-23(30)15-12-21-9-6-5-7-10-21/h5-7,9-10,12-17,19,23,26H,8,11,18H2,1-4H3,(H,29,31)(H2,33,34,35)/b15-12+,20-19+/t23?,26-/m1/s1. The molecule has 1 aliphatic heterocycles. The zero-order valence-corrected chi connectivity index (χ0v) is 22.5. The molecule has 9 heteroatoms. The number of likely N-dealkylation sites (tertiary alicyclic amines) is 1. The molecule has 1 heterocycles. The van der Waals surface area contributed by atoms with Crippen LogP contribution in [0.3, 0.4) is 0 Å². The van der Waals surface area contributed by atoms with Gasteiger partial charge >= 0.3 is 7.82 Å². The molecular formula is C28H35N2O6P. The summed E-state index contributed by atoms with van der Waals surface area (Å²) in [4.78, 5) is 46.3. The molecule has 0 saturated carbocycles. The van der Waals surface area contributed by atoms with Gasteiger partial charge in [0.25, 0.3) is 0 Å². The number of phosphoric acid groups is 1. The average molecular weight is 527 g/mol. The Morgan fingerprint density at radius 3 is 2.35 bits per heavy atom. The van der Waals surface area contributed by atoms with Crippen LogP contribution in [0, 0.1) is 5.41 Å². The molecule has 0 aromatic heterocycles. The second-order valence-electron chi connectivity index (χ2n) is 10.3. The summed E-state index contributed by atoms with van der Waals surface area (Å²) in [5.41, 5.74) is 1.87. The van der Waals surface area contributed by atoms with Gasteiger partial charge < -0.3 is 14.7 Å². The van der Waals surface area contributed by atoms with Crippen molar-refractivity contribution in [3.63, 3.8) is 0 Å². The fraction of sp³-hybridized carbons (Fsp3) is 0.357. The molecule has 37 heavy (non-hydrogen) atoms. The first kappa shape index (κ1) is 28.4. The van der Waals surface area contributed by atoms with Gasteiger partial charge in [0.1, 0.15) is 11.8 Å². The van der Waals surface area contributed by atoms with Gasteiger partial charge in [-0.1, -0.05) is 75.4 Å². The maximum atomic E-state index is 13.6. The Balaban J connectivity index is 1.71. The lowest BCUT2D eigenvalue weighted by molar-refractivity contribution is -0.138. The van der Waals surface area contributed by atoms with Crippen molar-refractivity contribution in [2.45, 2.75) is 52.6 Å². The summed E-state index contributed by atoms with van der Waals surface area (Å²) < 4.78 is 15.5. The normalized spacial score (nSPS) is 17.6. The number of phosphoric ester groups is 1. The molecule has 0 aliphatic carbocycles. The number of carbonyl (C=O) groups is 2. The highest BCUT2D eigenvalue weighted by Crippen LogP contribution is 2.37. The minimum Gasteiger partial charge on any atom is -0.404 e. The van der Waals surface area contributed by atoms with Crippen LogP contribution < -0.4 is 9.84 Å². The number of benzene rings is 2. The van der Waals surface area contributed by atoms with Crippen LogP contribution in [0.5, 0.6) is 5.75 Å². The second kappa shape index (κ2) is 11.9. The molecule has 1 unspecified atom stereocenters. The van der Waals surface area contributed by atoms with Gasteiger partial charge in [0.05, 0.1) is 6.04 Å². The number of carbonyl (C=O) groups excluding carboxylic acids is 2. The molecule has 0 bridgehead atoms.